The van der Waals surface area contributed by atoms with Gasteiger partial charge in [0.15, 0.2) is 6.10 Å². The SMILES string of the molecule is COc1ccc(C)cc1CC(=O)NNC(=O)[C@@H](C)Oc1ccc(F)cc1. The van der Waals surface area contributed by atoms with Crippen LogP contribution in [0.1, 0.15) is 18.1 Å². The van der Waals surface area contributed by atoms with E-state index >= 15 is 0 Å². The van der Waals surface area contributed by atoms with Gasteiger partial charge in [-0.25, -0.2) is 4.39 Å². The first-order chi connectivity index (χ1) is 12.4. The van der Waals surface area contributed by atoms with Crippen molar-refractivity contribution in [3.63, 3.8) is 0 Å². The molecule has 0 bridgehead atoms. The monoisotopic (exact) mass is 360 g/mol. The second-order valence-corrected chi connectivity index (χ2v) is 5.74. The third kappa shape index (κ3) is 5.47. The molecule has 2 aromatic carbocycles. The Kier molecular flexibility index (Phi) is 6.54. The lowest BCUT2D eigenvalue weighted by Crippen LogP contribution is -2.47. The van der Waals surface area contributed by atoms with Gasteiger partial charge in [-0.2, -0.15) is 0 Å². The molecule has 1 atom stereocenters. The van der Waals surface area contributed by atoms with Crippen LogP contribution in [0.3, 0.4) is 0 Å². The standard InChI is InChI=1S/C19H21FN2O4/c1-12-4-9-17(25-3)14(10-12)11-18(23)21-22-19(24)13(2)26-16-7-5-15(20)6-8-16/h4-10,13H,11H2,1-3H3,(H,21,23)(H,22,24)/t13-/m1/s1. The lowest BCUT2D eigenvalue weighted by Gasteiger charge is -2.15. The fourth-order valence-corrected chi connectivity index (χ4v) is 2.27. The quantitative estimate of drug-likeness (QED) is 0.775. The van der Waals surface area contributed by atoms with Gasteiger partial charge in [-0.15, -0.1) is 0 Å². The summed E-state index contributed by atoms with van der Waals surface area (Å²) in [6, 6.07) is 10.8. The van der Waals surface area contributed by atoms with Crippen molar-refractivity contribution in [1.29, 1.82) is 0 Å². The van der Waals surface area contributed by atoms with Gasteiger partial charge in [0.1, 0.15) is 17.3 Å². The Balaban J connectivity index is 1.85. The maximum Gasteiger partial charge on any atom is 0.279 e. The van der Waals surface area contributed by atoms with Crippen molar-refractivity contribution in [2.45, 2.75) is 26.4 Å². The first-order valence-corrected chi connectivity index (χ1v) is 8.03. The minimum absolute atomic E-state index is 0.0539. The molecule has 0 spiro atoms. The maximum atomic E-state index is 12.9. The minimum Gasteiger partial charge on any atom is -0.496 e. The average Bonchev–Trinajstić information content (AvgIpc) is 2.61. The third-order valence-corrected chi connectivity index (χ3v) is 3.61. The summed E-state index contributed by atoms with van der Waals surface area (Å²) >= 11 is 0. The van der Waals surface area contributed by atoms with Crippen LogP contribution in [-0.4, -0.2) is 25.0 Å². The Morgan fingerprint density at radius 1 is 1.12 bits per heavy atom. The number of rotatable bonds is 6. The molecule has 2 amide bonds. The summed E-state index contributed by atoms with van der Waals surface area (Å²) < 4.78 is 23.5. The number of aryl methyl sites for hydroxylation is 1. The second-order valence-electron chi connectivity index (χ2n) is 5.74. The molecule has 0 saturated heterocycles. The van der Waals surface area contributed by atoms with Crippen LogP contribution >= 0.6 is 0 Å². The van der Waals surface area contributed by atoms with E-state index in [0.29, 0.717) is 11.5 Å². The number of hydrogen-bond acceptors (Lipinski definition) is 4. The zero-order valence-corrected chi connectivity index (χ0v) is 14.8. The molecule has 7 heteroatoms. The van der Waals surface area contributed by atoms with E-state index in [1.807, 2.05) is 19.1 Å². The molecule has 0 radical (unpaired) electrons. The lowest BCUT2D eigenvalue weighted by molar-refractivity contribution is -0.132. The first-order valence-electron chi connectivity index (χ1n) is 8.03. The van der Waals surface area contributed by atoms with Crippen molar-refractivity contribution in [2.75, 3.05) is 7.11 Å². The summed E-state index contributed by atoms with van der Waals surface area (Å²) in [6.07, 6.45) is -0.813. The molecule has 2 N–H and O–H groups in total. The Bertz CT molecular complexity index is 778. The Morgan fingerprint density at radius 2 is 1.81 bits per heavy atom. The highest BCUT2D eigenvalue weighted by Crippen LogP contribution is 2.20. The molecule has 0 aliphatic carbocycles. The maximum absolute atomic E-state index is 12.9. The number of methoxy groups -OCH3 is 1. The van der Waals surface area contributed by atoms with Crippen molar-refractivity contribution in [3.05, 3.63) is 59.4 Å². The fraction of sp³-hybridized carbons (Fsp3) is 0.263. The molecule has 0 aliphatic heterocycles. The van der Waals surface area contributed by atoms with Gasteiger partial charge in [0, 0.05) is 5.56 Å². The molecule has 2 aromatic rings. The van der Waals surface area contributed by atoms with Crippen LogP contribution in [0.5, 0.6) is 11.5 Å². The molecular formula is C19H21FN2O4. The molecule has 0 fully saturated rings. The van der Waals surface area contributed by atoms with Crippen molar-refractivity contribution in [1.82, 2.24) is 10.9 Å². The zero-order valence-electron chi connectivity index (χ0n) is 14.8. The highest BCUT2D eigenvalue weighted by molar-refractivity contribution is 5.85. The Morgan fingerprint density at radius 3 is 2.46 bits per heavy atom. The van der Waals surface area contributed by atoms with Gasteiger partial charge >= 0.3 is 0 Å². The number of hydrogen-bond donors (Lipinski definition) is 2. The van der Waals surface area contributed by atoms with Gasteiger partial charge in [-0.05, 0) is 44.2 Å². The van der Waals surface area contributed by atoms with Gasteiger partial charge in [-0.3, -0.25) is 20.4 Å². The van der Waals surface area contributed by atoms with E-state index in [1.54, 1.807) is 6.07 Å². The smallest absolute Gasteiger partial charge is 0.279 e. The first kappa shape index (κ1) is 19.2. The zero-order chi connectivity index (χ0) is 19.1. The summed E-state index contributed by atoms with van der Waals surface area (Å²) in [6.45, 7) is 3.44. The van der Waals surface area contributed by atoms with Crippen molar-refractivity contribution < 1.29 is 23.5 Å². The van der Waals surface area contributed by atoms with Crippen molar-refractivity contribution >= 4 is 11.8 Å². The number of amides is 2. The van der Waals surface area contributed by atoms with Crippen LogP contribution < -0.4 is 20.3 Å². The number of benzene rings is 2. The molecule has 6 nitrogen and oxygen atoms in total. The molecule has 26 heavy (non-hydrogen) atoms. The van der Waals surface area contributed by atoms with Gasteiger partial charge in [-0.1, -0.05) is 17.7 Å². The topological polar surface area (TPSA) is 76.7 Å². The number of ether oxygens (including phenoxy) is 2. The van der Waals surface area contributed by atoms with E-state index in [0.717, 1.165) is 11.1 Å². The largest absolute Gasteiger partial charge is 0.496 e. The molecule has 0 unspecified atom stereocenters. The van der Waals surface area contributed by atoms with Crippen LogP contribution in [0.15, 0.2) is 42.5 Å². The van der Waals surface area contributed by atoms with Gasteiger partial charge < -0.3 is 9.47 Å². The average molecular weight is 360 g/mol. The number of carbonyl (C=O) groups is 2. The molecule has 2 rings (SSSR count). The predicted octanol–water partition coefficient (Wildman–Crippen LogP) is 2.30. The highest BCUT2D eigenvalue weighted by Gasteiger charge is 2.16. The van der Waals surface area contributed by atoms with Crippen molar-refractivity contribution in [2.24, 2.45) is 0 Å². The summed E-state index contributed by atoms with van der Waals surface area (Å²) in [7, 11) is 1.53. The van der Waals surface area contributed by atoms with Gasteiger partial charge in [0.2, 0.25) is 5.91 Å². The van der Waals surface area contributed by atoms with E-state index in [9.17, 15) is 14.0 Å². The normalized spacial score (nSPS) is 11.4. The Labute approximate surface area is 151 Å². The number of nitrogens with one attached hydrogen (secondary N) is 2. The van der Waals surface area contributed by atoms with E-state index in [-0.39, 0.29) is 6.42 Å². The lowest BCUT2D eigenvalue weighted by atomic mass is 10.1. The fourth-order valence-electron chi connectivity index (χ4n) is 2.27. The third-order valence-electron chi connectivity index (χ3n) is 3.61. The molecule has 138 valence electrons. The molecule has 0 aliphatic rings. The number of halogens is 1. The van der Waals surface area contributed by atoms with Crippen LogP contribution in [0.25, 0.3) is 0 Å². The number of carbonyl (C=O) groups excluding carboxylic acids is 2. The summed E-state index contributed by atoms with van der Waals surface area (Å²) in [5, 5.41) is 0. The number of hydrazine groups is 1. The van der Waals surface area contributed by atoms with E-state index < -0.39 is 23.7 Å². The summed E-state index contributed by atoms with van der Waals surface area (Å²) in [5.74, 6) is -0.363. The van der Waals surface area contributed by atoms with E-state index in [4.69, 9.17) is 9.47 Å². The molecular weight excluding hydrogens is 339 g/mol. The van der Waals surface area contributed by atoms with E-state index in [1.165, 1.54) is 38.3 Å². The van der Waals surface area contributed by atoms with Crippen molar-refractivity contribution in [3.8, 4) is 11.5 Å². The van der Waals surface area contributed by atoms with E-state index in [2.05, 4.69) is 10.9 Å². The predicted molar refractivity (Wildman–Crippen MR) is 94.2 cm³/mol. The second kappa shape index (κ2) is 8.84. The van der Waals surface area contributed by atoms with Gasteiger partial charge in [0.05, 0.1) is 13.5 Å². The summed E-state index contributed by atoms with van der Waals surface area (Å²) in [4.78, 5) is 24.0. The molecule has 0 heterocycles. The van der Waals surface area contributed by atoms with Gasteiger partial charge in [0.25, 0.3) is 5.91 Å². The van der Waals surface area contributed by atoms with Crippen LogP contribution in [0.2, 0.25) is 0 Å². The molecule has 0 aromatic heterocycles. The van der Waals surface area contributed by atoms with Crippen LogP contribution in [0, 0.1) is 12.7 Å². The Hall–Kier alpha value is -3.09. The minimum atomic E-state index is -0.866. The highest BCUT2D eigenvalue weighted by atomic mass is 19.1. The van der Waals surface area contributed by atoms with Crippen LogP contribution in [-0.2, 0) is 16.0 Å². The van der Waals surface area contributed by atoms with Crippen LogP contribution in [0.4, 0.5) is 4.39 Å². The summed E-state index contributed by atoms with van der Waals surface area (Å²) in [5.41, 5.74) is 6.37. The molecule has 0 saturated carbocycles.